The lowest BCUT2D eigenvalue weighted by Crippen LogP contribution is -2.67. The lowest BCUT2D eigenvalue weighted by atomic mass is 9.31. The Bertz CT molecular complexity index is 799. The standard InChI is InChI=1S/C30H50O2/c1-19-10-15-30(18-31)17-16-28(6)21(25(30)20(19)2)8-9-23-27(5)13-12-24(32)26(3,4)22(27)11-14-29(23,28)7/h10,20-25,31-32H,8-9,11-18H2,1-7H3/t20-,21-,22+,23-,24+,25-,27+,28-,29-,30-/m1/s1. The van der Waals surface area contributed by atoms with Gasteiger partial charge in [0.15, 0.2) is 0 Å². The van der Waals surface area contributed by atoms with Crippen LogP contribution in [0.2, 0.25) is 0 Å². The number of hydrogen-bond acceptors (Lipinski definition) is 2. The van der Waals surface area contributed by atoms with Gasteiger partial charge in [-0.25, -0.2) is 0 Å². The Hall–Kier alpha value is -0.340. The number of aliphatic hydroxyl groups is 2. The number of aliphatic hydroxyl groups excluding tert-OH is 2. The third kappa shape index (κ3) is 2.66. The molecule has 0 spiro atoms. The highest BCUT2D eigenvalue weighted by atomic mass is 16.3. The zero-order valence-electron chi connectivity index (χ0n) is 22.0. The Morgan fingerprint density at radius 1 is 0.875 bits per heavy atom. The second-order valence-corrected chi connectivity index (χ2v) is 14.5. The topological polar surface area (TPSA) is 40.5 Å². The smallest absolute Gasteiger partial charge is 0.0594 e. The van der Waals surface area contributed by atoms with Crippen LogP contribution in [-0.2, 0) is 0 Å². The molecule has 0 unspecified atom stereocenters. The average molecular weight is 443 g/mol. The molecule has 0 aromatic carbocycles. The lowest BCUT2D eigenvalue weighted by Gasteiger charge is -2.73. The Balaban J connectivity index is 1.55. The molecule has 5 aliphatic carbocycles. The molecule has 0 amide bonds. The van der Waals surface area contributed by atoms with E-state index in [9.17, 15) is 10.2 Å². The first kappa shape index (κ1) is 23.4. The van der Waals surface area contributed by atoms with E-state index in [1.54, 1.807) is 5.57 Å². The quantitative estimate of drug-likeness (QED) is 0.429. The van der Waals surface area contributed by atoms with E-state index in [0.717, 1.165) is 24.7 Å². The molecule has 32 heavy (non-hydrogen) atoms. The summed E-state index contributed by atoms with van der Waals surface area (Å²) in [7, 11) is 0. The number of rotatable bonds is 1. The van der Waals surface area contributed by atoms with Gasteiger partial charge in [0, 0.05) is 12.0 Å². The summed E-state index contributed by atoms with van der Waals surface area (Å²) in [6.07, 6.45) is 13.3. The van der Waals surface area contributed by atoms with Crippen molar-refractivity contribution < 1.29 is 10.2 Å². The Kier molecular flexibility index (Phi) is 5.19. The van der Waals surface area contributed by atoms with Gasteiger partial charge in [-0.3, -0.25) is 0 Å². The molecule has 0 saturated heterocycles. The molecule has 5 aliphatic rings. The van der Waals surface area contributed by atoms with Crippen molar-refractivity contribution in [3.8, 4) is 0 Å². The van der Waals surface area contributed by atoms with E-state index in [1.165, 1.54) is 44.9 Å². The molecule has 0 bridgehead atoms. The van der Waals surface area contributed by atoms with Crippen molar-refractivity contribution in [2.45, 2.75) is 112 Å². The average Bonchev–Trinajstić information content (AvgIpc) is 2.74. The summed E-state index contributed by atoms with van der Waals surface area (Å²) in [6, 6.07) is 0. The molecular formula is C30H50O2. The van der Waals surface area contributed by atoms with Crippen LogP contribution in [0, 0.1) is 56.7 Å². The number of hydrogen-bond donors (Lipinski definition) is 2. The third-order valence-corrected chi connectivity index (χ3v) is 13.6. The Labute approximate surface area is 197 Å². The maximum Gasteiger partial charge on any atom is 0.0594 e. The van der Waals surface area contributed by atoms with Crippen molar-refractivity contribution in [3.05, 3.63) is 11.6 Å². The minimum absolute atomic E-state index is 0.0322. The second kappa shape index (κ2) is 7.09. The van der Waals surface area contributed by atoms with Gasteiger partial charge in [-0.2, -0.15) is 0 Å². The number of fused-ring (bicyclic) bond motifs is 7. The minimum Gasteiger partial charge on any atom is -0.396 e. The molecule has 4 fully saturated rings. The maximum absolute atomic E-state index is 10.9. The van der Waals surface area contributed by atoms with Crippen molar-refractivity contribution in [1.29, 1.82) is 0 Å². The van der Waals surface area contributed by atoms with Gasteiger partial charge >= 0.3 is 0 Å². The van der Waals surface area contributed by atoms with Gasteiger partial charge in [-0.15, -0.1) is 0 Å². The van der Waals surface area contributed by atoms with Crippen LogP contribution in [0.15, 0.2) is 11.6 Å². The van der Waals surface area contributed by atoms with E-state index in [-0.39, 0.29) is 16.9 Å². The fourth-order valence-corrected chi connectivity index (χ4v) is 11.3. The second-order valence-electron chi connectivity index (χ2n) is 14.5. The monoisotopic (exact) mass is 442 g/mol. The molecule has 2 nitrogen and oxygen atoms in total. The van der Waals surface area contributed by atoms with Crippen molar-refractivity contribution in [2.75, 3.05) is 6.61 Å². The summed E-state index contributed by atoms with van der Waals surface area (Å²) >= 11 is 0. The SMILES string of the molecule is CC1=CC[C@]2(CO)CC[C@]3(C)[C@H](CC[C@@H]4[C@@]5(C)CC[C@H](O)C(C)(C)[C@@H]5CC[C@]43C)[C@H]2[C@@H]1C. The van der Waals surface area contributed by atoms with E-state index in [2.05, 4.69) is 54.5 Å². The zero-order chi connectivity index (χ0) is 23.3. The summed E-state index contributed by atoms with van der Waals surface area (Å²) in [5.41, 5.74) is 2.79. The highest BCUT2D eigenvalue weighted by Gasteiger charge is 2.70. The van der Waals surface area contributed by atoms with Crippen molar-refractivity contribution in [3.63, 3.8) is 0 Å². The Morgan fingerprint density at radius 3 is 2.28 bits per heavy atom. The predicted molar refractivity (Wildman–Crippen MR) is 132 cm³/mol. The zero-order valence-corrected chi connectivity index (χ0v) is 22.0. The molecule has 0 aromatic rings. The molecule has 0 radical (unpaired) electrons. The van der Waals surface area contributed by atoms with Crippen LogP contribution in [0.3, 0.4) is 0 Å². The van der Waals surface area contributed by atoms with Crippen LogP contribution in [-0.4, -0.2) is 22.9 Å². The maximum atomic E-state index is 10.9. The summed E-state index contributed by atoms with van der Waals surface area (Å²) in [6.45, 7) is 17.9. The first-order valence-electron chi connectivity index (χ1n) is 13.8. The van der Waals surface area contributed by atoms with Crippen LogP contribution in [0.25, 0.3) is 0 Å². The fraction of sp³-hybridized carbons (Fsp3) is 0.933. The molecule has 0 aromatic heterocycles. The third-order valence-electron chi connectivity index (χ3n) is 13.6. The van der Waals surface area contributed by atoms with Crippen molar-refractivity contribution in [1.82, 2.24) is 0 Å². The molecule has 10 atom stereocenters. The first-order chi connectivity index (χ1) is 14.9. The molecule has 2 N–H and O–H groups in total. The largest absolute Gasteiger partial charge is 0.396 e. The van der Waals surface area contributed by atoms with Crippen LogP contribution < -0.4 is 0 Å². The van der Waals surface area contributed by atoms with Gasteiger partial charge in [0.1, 0.15) is 0 Å². The lowest BCUT2D eigenvalue weighted by molar-refractivity contribution is -0.254. The predicted octanol–water partition coefficient (Wildman–Crippen LogP) is 7.00. The highest BCUT2D eigenvalue weighted by Crippen LogP contribution is 2.76. The van der Waals surface area contributed by atoms with Crippen molar-refractivity contribution in [2.24, 2.45) is 56.7 Å². The van der Waals surface area contributed by atoms with Gasteiger partial charge < -0.3 is 10.2 Å². The summed E-state index contributed by atoms with van der Waals surface area (Å²) < 4.78 is 0. The van der Waals surface area contributed by atoms with Crippen LogP contribution in [0.1, 0.15) is 106 Å². The van der Waals surface area contributed by atoms with E-state index in [4.69, 9.17) is 0 Å². The van der Waals surface area contributed by atoms with Gasteiger partial charge in [-0.1, -0.05) is 53.2 Å². The van der Waals surface area contributed by atoms with E-state index in [0.29, 0.717) is 40.6 Å². The van der Waals surface area contributed by atoms with Gasteiger partial charge in [0.05, 0.1) is 6.10 Å². The Morgan fingerprint density at radius 2 is 1.59 bits per heavy atom. The molecule has 0 heterocycles. The molecule has 182 valence electrons. The summed E-state index contributed by atoms with van der Waals surface area (Å²) in [5, 5.41) is 21.6. The minimum atomic E-state index is -0.144. The molecule has 0 aliphatic heterocycles. The molecule has 2 heteroatoms. The van der Waals surface area contributed by atoms with Gasteiger partial charge in [0.25, 0.3) is 0 Å². The van der Waals surface area contributed by atoms with Crippen LogP contribution >= 0.6 is 0 Å². The van der Waals surface area contributed by atoms with Gasteiger partial charge in [-0.05, 0) is 116 Å². The van der Waals surface area contributed by atoms with E-state index in [1.807, 2.05) is 0 Å². The molecular weight excluding hydrogens is 392 g/mol. The summed E-state index contributed by atoms with van der Waals surface area (Å²) in [4.78, 5) is 0. The normalized spacial score (nSPS) is 56.8. The van der Waals surface area contributed by atoms with Crippen LogP contribution in [0.5, 0.6) is 0 Å². The first-order valence-corrected chi connectivity index (χ1v) is 13.8. The summed E-state index contributed by atoms with van der Waals surface area (Å²) in [5.74, 6) is 3.35. The number of allylic oxidation sites excluding steroid dienone is 2. The molecule has 5 rings (SSSR count). The van der Waals surface area contributed by atoms with Crippen LogP contribution in [0.4, 0.5) is 0 Å². The van der Waals surface area contributed by atoms with Gasteiger partial charge in [0.2, 0.25) is 0 Å². The van der Waals surface area contributed by atoms with Crippen molar-refractivity contribution >= 4 is 0 Å². The van der Waals surface area contributed by atoms with E-state index < -0.39 is 0 Å². The fourth-order valence-electron chi connectivity index (χ4n) is 11.3. The van der Waals surface area contributed by atoms with E-state index >= 15 is 0 Å². The highest BCUT2D eigenvalue weighted by molar-refractivity contribution is 5.23. The molecule has 4 saturated carbocycles.